The number of hydrogen-bond donors (Lipinski definition) is 1. The predicted molar refractivity (Wildman–Crippen MR) is 79.3 cm³/mol. The quantitative estimate of drug-likeness (QED) is 0.723. The molecule has 0 spiro atoms. The zero-order valence-electron chi connectivity index (χ0n) is 10.5. The van der Waals surface area contributed by atoms with Gasteiger partial charge in [0.1, 0.15) is 5.01 Å². The molecule has 0 amide bonds. The number of rotatable bonds is 5. The molecule has 19 heavy (non-hydrogen) atoms. The first-order chi connectivity index (χ1) is 9.42. The molecule has 2 heterocycles. The van der Waals surface area contributed by atoms with Gasteiger partial charge >= 0.3 is 0 Å². The highest BCUT2D eigenvalue weighted by Crippen LogP contribution is 2.21. The predicted octanol–water partition coefficient (Wildman–Crippen LogP) is 3.02. The van der Waals surface area contributed by atoms with Crippen molar-refractivity contribution < 1.29 is 0 Å². The van der Waals surface area contributed by atoms with Gasteiger partial charge in [0.25, 0.3) is 0 Å². The van der Waals surface area contributed by atoms with E-state index < -0.39 is 0 Å². The van der Waals surface area contributed by atoms with Gasteiger partial charge in [0.05, 0.1) is 10.2 Å². The van der Waals surface area contributed by atoms with Gasteiger partial charge in [0, 0.05) is 18.9 Å². The minimum Gasteiger partial charge on any atom is -0.310 e. The van der Waals surface area contributed by atoms with Crippen molar-refractivity contribution in [1.29, 1.82) is 0 Å². The summed E-state index contributed by atoms with van der Waals surface area (Å²) in [6.07, 6.45) is 4.72. The Bertz CT molecular complexity index is 616. The van der Waals surface area contributed by atoms with E-state index in [2.05, 4.69) is 39.6 Å². The Morgan fingerprint density at radius 3 is 2.89 bits per heavy atom. The molecule has 0 bridgehead atoms. The van der Waals surface area contributed by atoms with Crippen molar-refractivity contribution in [2.24, 2.45) is 0 Å². The van der Waals surface area contributed by atoms with E-state index in [-0.39, 0.29) is 0 Å². The van der Waals surface area contributed by atoms with Crippen molar-refractivity contribution >= 4 is 21.6 Å². The average Bonchev–Trinajstić information content (AvgIpc) is 2.87. The van der Waals surface area contributed by atoms with Gasteiger partial charge in [-0.25, -0.2) is 4.98 Å². The van der Waals surface area contributed by atoms with Crippen molar-refractivity contribution in [3.63, 3.8) is 0 Å². The first-order valence-corrected chi connectivity index (χ1v) is 7.17. The summed E-state index contributed by atoms with van der Waals surface area (Å²) in [6, 6.07) is 12.3. The normalized spacial score (nSPS) is 10.9. The zero-order valence-corrected chi connectivity index (χ0v) is 11.4. The number of hydrogen-bond acceptors (Lipinski definition) is 4. The third kappa shape index (κ3) is 3.16. The fourth-order valence-electron chi connectivity index (χ4n) is 1.97. The maximum Gasteiger partial charge on any atom is 0.108 e. The lowest BCUT2D eigenvalue weighted by Gasteiger charge is -2.02. The van der Waals surface area contributed by atoms with E-state index in [0.29, 0.717) is 0 Å². The molecule has 0 aliphatic heterocycles. The maximum atomic E-state index is 4.60. The molecular weight excluding hydrogens is 254 g/mol. The number of pyridine rings is 1. The Morgan fingerprint density at radius 2 is 2.05 bits per heavy atom. The van der Waals surface area contributed by atoms with Crippen LogP contribution >= 0.6 is 11.3 Å². The summed E-state index contributed by atoms with van der Waals surface area (Å²) in [6.45, 7) is 1.78. The van der Waals surface area contributed by atoms with Crippen molar-refractivity contribution in [2.75, 3.05) is 6.54 Å². The van der Waals surface area contributed by atoms with E-state index >= 15 is 0 Å². The van der Waals surface area contributed by atoms with Crippen molar-refractivity contribution in [3.8, 4) is 0 Å². The lowest BCUT2D eigenvalue weighted by atomic mass is 10.2. The number of para-hydroxylation sites is 1. The molecular formula is C15H15N3S. The number of nitrogens with one attached hydrogen (secondary N) is 1. The molecule has 3 rings (SSSR count). The Balaban J connectivity index is 1.52. The highest BCUT2D eigenvalue weighted by Gasteiger charge is 2.02. The highest BCUT2D eigenvalue weighted by atomic mass is 32.1. The van der Waals surface area contributed by atoms with Gasteiger partial charge in [-0.2, -0.15) is 0 Å². The third-order valence-electron chi connectivity index (χ3n) is 2.93. The summed E-state index contributed by atoms with van der Waals surface area (Å²) in [4.78, 5) is 8.71. The fourth-order valence-corrected chi connectivity index (χ4v) is 2.91. The Kier molecular flexibility index (Phi) is 3.81. The highest BCUT2D eigenvalue weighted by molar-refractivity contribution is 7.18. The van der Waals surface area contributed by atoms with Crippen LogP contribution in [-0.4, -0.2) is 16.5 Å². The van der Waals surface area contributed by atoms with Gasteiger partial charge in [-0.15, -0.1) is 11.3 Å². The molecule has 4 heteroatoms. The molecule has 0 saturated carbocycles. The summed E-state index contributed by atoms with van der Waals surface area (Å²) in [5, 5.41) is 4.58. The first kappa shape index (κ1) is 12.3. The SMILES string of the molecule is c1cncc(CCNCc2nc3ccccc3s2)c1. The van der Waals surface area contributed by atoms with Crippen LogP contribution in [0.3, 0.4) is 0 Å². The van der Waals surface area contributed by atoms with Crippen LogP contribution < -0.4 is 5.32 Å². The lowest BCUT2D eigenvalue weighted by molar-refractivity contribution is 0.684. The van der Waals surface area contributed by atoms with Gasteiger partial charge < -0.3 is 5.32 Å². The molecule has 3 aromatic rings. The van der Waals surface area contributed by atoms with Crippen LogP contribution in [0, 0.1) is 0 Å². The number of nitrogens with zero attached hydrogens (tertiary/aromatic N) is 2. The molecule has 0 aliphatic carbocycles. The van der Waals surface area contributed by atoms with Gasteiger partial charge in [-0.05, 0) is 36.7 Å². The summed E-state index contributed by atoms with van der Waals surface area (Å²) < 4.78 is 1.26. The minimum atomic E-state index is 0.833. The van der Waals surface area contributed by atoms with Crippen LogP contribution in [0.2, 0.25) is 0 Å². The first-order valence-electron chi connectivity index (χ1n) is 6.36. The molecule has 0 saturated heterocycles. The molecule has 0 atom stereocenters. The van der Waals surface area contributed by atoms with E-state index in [1.54, 1.807) is 17.5 Å². The van der Waals surface area contributed by atoms with Crippen LogP contribution in [-0.2, 0) is 13.0 Å². The molecule has 0 unspecified atom stereocenters. The lowest BCUT2D eigenvalue weighted by Crippen LogP contribution is -2.16. The Hall–Kier alpha value is -1.78. The number of aromatic nitrogens is 2. The van der Waals surface area contributed by atoms with Gasteiger partial charge in [-0.3, -0.25) is 4.98 Å². The van der Waals surface area contributed by atoms with Crippen LogP contribution in [0.15, 0.2) is 48.8 Å². The second-order valence-electron chi connectivity index (χ2n) is 4.36. The molecule has 96 valence electrons. The van der Waals surface area contributed by atoms with Crippen molar-refractivity contribution in [1.82, 2.24) is 15.3 Å². The third-order valence-corrected chi connectivity index (χ3v) is 3.96. The van der Waals surface area contributed by atoms with Crippen LogP contribution in [0.4, 0.5) is 0 Å². The molecule has 0 aliphatic rings. The minimum absolute atomic E-state index is 0.833. The number of fused-ring (bicyclic) bond motifs is 1. The van der Waals surface area contributed by atoms with E-state index in [0.717, 1.165) is 30.0 Å². The molecule has 1 aromatic carbocycles. The second kappa shape index (κ2) is 5.91. The number of benzene rings is 1. The van der Waals surface area contributed by atoms with Gasteiger partial charge in [-0.1, -0.05) is 18.2 Å². The maximum absolute atomic E-state index is 4.60. The smallest absolute Gasteiger partial charge is 0.108 e. The van der Waals surface area contributed by atoms with Crippen LogP contribution in [0.1, 0.15) is 10.6 Å². The molecule has 3 nitrogen and oxygen atoms in total. The number of thiazole rings is 1. The summed E-state index contributed by atoms with van der Waals surface area (Å²) >= 11 is 1.76. The molecule has 0 radical (unpaired) electrons. The van der Waals surface area contributed by atoms with Crippen LogP contribution in [0.25, 0.3) is 10.2 Å². The van der Waals surface area contributed by atoms with Gasteiger partial charge in [0.15, 0.2) is 0 Å². The average molecular weight is 269 g/mol. The van der Waals surface area contributed by atoms with Crippen molar-refractivity contribution in [3.05, 3.63) is 59.4 Å². The van der Waals surface area contributed by atoms with E-state index in [1.165, 1.54) is 10.3 Å². The standard InChI is InChI=1S/C15H15N3S/c1-2-6-14-13(5-1)18-15(19-14)11-17-9-7-12-4-3-8-16-10-12/h1-6,8,10,17H,7,9,11H2. The Labute approximate surface area is 116 Å². The molecule has 1 N–H and O–H groups in total. The fraction of sp³-hybridized carbons (Fsp3) is 0.200. The van der Waals surface area contributed by atoms with Crippen molar-refractivity contribution in [2.45, 2.75) is 13.0 Å². The second-order valence-corrected chi connectivity index (χ2v) is 5.48. The van der Waals surface area contributed by atoms with E-state index in [4.69, 9.17) is 0 Å². The summed E-state index contributed by atoms with van der Waals surface area (Å²) in [5.41, 5.74) is 2.36. The van der Waals surface area contributed by atoms with Crippen LogP contribution in [0.5, 0.6) is 0 Å². The van der Waals surface area contributed by atoms with E-state index in [9.17, 15) is 0 Å². The zero-order chi connectivity index (χ0) is 12.9. The van der Waals surface area contributed by atoms with Gasteiger partial charge in [0.2, 0.25) is 0 Å². The topological polar surface area (TPSA) is 37.8 Å². The largest absolute Gasteiger partial charge is 0.310 e. The monoisotopic (exact) mass is 269 g/mol. The van der Waals surface area contributed by atoms with E-state index in [1.807, 2.05) is 18.3 Å². The molecule has 2 aromatic heterocycles. The Morgan fingerprint density at radius 1 is 1.11 bits per heavy atom. The molecule has 0 fully saturated rings. The summed E-state index contributed by atoms with van der Waals surface area (Å²) in [7, 11) is 0. The summed E-state index contributed by atoms with van der Waals surface area (Å²) in [5.74, 6) is 0.